The highest BCUT2D eigenvalue weighted by atomic mass is 16.5. The Hall–Kier alpha value is -6.00. The number of rotatable bonds is 15. The number of nitrogens with one attached hydrogen (secondary N) is 1. The van der Waals surface area contributed by atoms with Crippen LogP contribution in [0, 0.1) is 0 Å². The van der Waals surface area contributed by atoms with Crippen molar-refractivity contribution in [2.24, 2.45) is 15.2 Å². The topological polar surface area (TPSA) is 181 Å². The van der Waals surface area contributed by atoms with Crippen LogP contribution in [0.5, 0.6) is 5.75 Å². The van der Waals surface area contributed by atoms with Crippen molar-refractivity contribution in [2.75, 3.05) is 32.2 Å². The molecule has 0 spiro atoms. The fourth-order valence-corrected chi connectivity index (χ4v) is 5.64. The molecule has 0 radical (unpaired) electrons. The minimum absolute atomic E-state index is 0.0268. The zero-order valence-corrected chi connectivity index (χ0v) is 27.3. The molecule has 1 aliphatic heterocycles. The lowest BCUT2D eigenvalue weighted by molar-refractivity contribution is -0.129. The van der Waals surface area contributed by atoms with Gasteiger partial charge >= 0.3 is 0 Å². The summed E-state index contributed by atoms with van der Waals surface area (Å²) in [5.74, 6) is 0.431. The van der Waals surface area contributed by atoms with Crippen LogP contribution in [-0.2, 0) is 29.0 Å². The molecule has 4 aromatic rings. The van der Waals surface area contributed by atoms with E-state index in [1.807, 2.05) is 67.5 Å². The average molecular weight is 660 g/mol. The molecule has 49 heavy (non-hydrogen) atoms. The van der Waals surface area contributed by atoms with Gasteiger partial charge in [0.15, 0.2) is 11.6 Å². The van der Waals surface area contributed by atoms with Gasteiger partial charge in [-0.1, -0.05) is 70.9 Å². The molecule has 0 bridgehead atoms. The van der Waals surface area contributed by atoms with Gasteiger partial charge in [0.1, 0.15) is 5.75 Å². The Balaban J connectivity index is 1.62. The molecule has 1 heterocycles. The van der Waals surface area contributed by atoms with Crippen molar-refractivity contribution < 1.29 is 19.4 Å². The molecular formula is C36H37N9O4. The molecule has 1 aliphatic rings. The number of hydrogen-bond donors (Lipinski definition) is 2. The first-order valence-electron chi connectivity index (χ1n) is 15.8. The smallest absolute Gasteiger partial charge is 0.252 e. The van der Waals surface area contributed by atoms with E-state index < -0.39 is 17.6 Å². The van der Waals surface area contributed by atoms with Gasteiger partial charge in [-0.3, -0.25) is 4.79 Å². The molecular weight excluding hydrogens is 622 g/mol. The van der Waals surface area contributed by atoms with Crippen LogP contribution in [0.4, 0.5) is 11.4 Å². The van der Waals surface area contributed by atoms with E-state index >= 15 is 0 Å². The summed E-state index contributed by atoms with van der Waals surface area (Å²) in [6.45, 7) is 0.697. The van der Waals surface area contributed by atoms with E-state index in [0.29, 0.717) is 35.6 Å². The van der Waals surface area contributed by atoms with Crippen LogP contribution in [0.1, 0.15) is 40.3 Å². The number of aliphatic hydroxyl groups is 1. The third-order valence-corrected chi connectivity index (χ3v) is 8.19. The molecule has 2 atom stereocenters. The number of hydrogen-bond acceptors (Lipinski definition) is 8. The number of ether oxygens (including phenoxy) is 2. The minimum Gasteiger partial charge on any atom is -0.494 e. The number of nitrogens with zero attached hydrogens (tertiary/aromatic N) is 8. The number of carbonyl (C=O) groups is 1. The molecule has 13 heteroatoms. The first-order valence-corrected chi connectivity index (χ1v) is 15.8. The van der Waals surface area contributed by atoms with Crippen molar-refractivity contribution in [3.05, 3.63) is 146 Å². The van der Waals surface area contributed by atoms with Crippen LogP contribution < -0.4 is 15.0 Å². The molecule has 0 fully saturated rings. The summed E-state index contributed by atoms with van der Waals surface area (Å²) in [5, 5.41) is 19.9. The lowest BCUT2D eigenvalue weighted by Gasteiger charge is -2.32. The highest BCUT2D eigenvalue weighted by molar-refractivity contribution is 6.01. The Labute approximate surface area is 284 Å². The van der Waals surface area contributed by atoms with Crippen molar-refractivity contribution >= 4 is 23.2 Å². The summed E-state index contributed by atoms with van der Waals surface area (Å²) in [7, 11) is 3.92. The third kappa shape index (κ3) is 8.11. The number of azide groups is 2. The summed E-state index contributed by atoms with van der Waals surface area (Å²) in [5.41, 5.74) is 21.7. The third-order valence-electron chi connectivity index (χ3n) is 8.19. The summed E-state index contributed by atoms with van der Waals surface area (Å²) in [6, 6.07) is 29.4. The highest BCUT2D eigenvalue weighted by Crippen LogP contribution is 2.45. The van der Waals surface area contributed by atoms with Gasteiger partial charge in [-0.05, 0) is 64.2 Å². The fourth-order valence-electron chi connectivity index (χ4n) is 5.64. The van der Waals surface area contributed by atoms with Gasteiger partial charge in [-0.25, -0.2) is 4.99 Å². The maximum Gasteiger partial charge on any atom is 0.252 e. The van der Waals surface area contributed by atoms with Gasteiger partial charge in [0.2, 0.25) is 5.90 Å². The monoisotopic (exact) mass is 659 g/mol. The van der Waals surface area contributed by atoms with Crippen LogP contribution in [0.2, 0.25) is 0 Å². The van der Waals surface area contributed by atoms with E-state index in [9.17, 15) is 10.3 Å². The van der Waals surface area contributed by atoms with E-state index in [2.05, 4.69) is 25.4 Å². The van der Waals surface area contributed by atoms with Crippen molar-refractivity contribution in [3.63, 3.8) is 0 Å². The Morgan fingerprint density at radius 2 is 1.69 bits per heavy atom. The summed E-state index contributed by atoms with van der Waals surface area (Å²) < 4.78 is 12.3. The highest BCUT2D eigenvalue weighted by Gasteiger charge is 2.54. The summed E-state index contributed by atoms with van der Waals surface area (Å²) >= 11 is 0. The lowest BCUT2D eigenvalue weighted by atomic mass is 9.80. The van der Waals surface area contributed by atoms with E-state index in [0.717, 1.165) is 22.4 Å². The molecule has 13 nitrogen and oxygen atoms in total. The lowest BCUT2D eigenvalue weighted by Crippen LogP contribution is -2.49. The largest absolute Gasteiger partial charge is 0.494 e. The molecule has 0 saturated heterocycles. The van der Waals surface area contributed by atoms with Crippen LogP contribution >= 0.6 is 0 Å². The molecule has 2 N–H and O–H groups in total. The summed E-state index contributed by atoms with van der Waals surface area (Å²) in [4.78, 5) is 27.8. The minimum atomic E-state index is -1.58. The second-order valence-corrected chi connectivity index (χ2v) is 11.6. The van der Waals surface area contributed by atoms with Crippen LogP contribution in [-0.4, -0.2) is 49.8 Å². The maximum absolute atomic E-state index is 14.7. The van der Waals surface area contributed by atoms with E-state index in [-0.39, 0.29) is 32.0 Å². The quantitative estimate of drug-likeness (QED) is 0.0597. The molecule has 0 saturated carbocycles. The Kier molecular flexibility index (Phi) is 11.4. The maximum atomic E-state index is 14.7. The normalized spacial score (nSPS) is 16.4. The summed E-state index contributed by atoms with van der Waals surface area (Å²) in [6.07, 6.45) is -0.424. The molecule has 4 aromatic carbocycles. The van der Waals surface area contributed by atoms with Gasteiger partial charge in [0, 0.05) is 72.4 Å². The number of amides is 1. The van der Waals surface area contributed by atoms with Crippen molar-refractivity contribution in [1.29, 1.82) is 0 Å². The zero-order valence-electron chi connectivity index (χ0n) is 27.3. The Morgan fingerprint density at radius 1 is 0.980 bits per heavy atom. The predicted molar refractivity (Wildman–Crippen MR) is 188 cm³/mol. The van der Waals surface area contributed by atoms with Crippen LogP contribution in [0.3, 0.4) is 0 Å². The van der Waals surface area contributed by atoms with Crippen molar-refractivity contribution in [3.8, 4) is 5.75 Å². The number of anilines is 1. The number of aliphatic imine (C=N–C) groups is 1. The number of aliphatic hydroxyl groups excluding tert-OH is 1. The van der Waals surface area contributed by atoms with Gasteiger partial charge < -0.3 is 24.8 Å². The van der Waals surface area contributed by atoms with Gasteiger partial charge in [-0.15, -0.1) is 0 Å². The molecule has 0 aromatic heterocycles. The van der Waals surface area contributed by atoms with Crippen LogP contribution in [0.15, 0.2) is 112 Å². The van der Waals surface area contributed by atoms with E-state index in [4.69, 9.17) is 25.1 Å². The molecule has 5 rings (SSSR count). The van der Waals surface area contributed by atoms with Gasteiger partial charge in [0.25, 0.3) is 5.91 Å². The second kappa shape index (κ2) is 16.2. The average Bonchev–Trinajstić information content (AvgIpc) is 3.51. The first-order chi connectivity index (χ1) is 23.9. The van der Waals surface area contributed by atoms with Crippen molar-refractivity contribution in [1.82, 2.24) is 5.32 Å². The fraction of sp³-hybridized carbons (Fsp3) is 0.278. The molecule has 0 aliphatic carbocycles. The van der Waals surface area contributed by atoms with Crippen LogP contribution in [0.25, 0.3) is 20.9 Å². The SMILES string of the molecule is CN(C)c1ccc(CNC(=O)[C@]2(Cc3ccccc3CN=[N+]=[N-])N=C(c3ccc(OCCCO)cc3)O[C@@H]2c2ccccc2N=[N+]=[N-])cc1. The zero-order chi connectivity index (χ0) is 34.6. The van der Waals surface area contributed by atoms with Gasteiger partial charge in [0.05, 0.1) is 13.2 Å². The van der Waals surface area contributed by atoms with Crippen molar-refractivity contribution in [2.45, 2.75) is 37.6 Å². The standard InChI is InChI=1S/C36H37N9O4/c1-45(2)29-16-12-25(13-17-29)23-39-35(47)36(22-27-8-3-4-9-28(27)24-40-43-37)33(31-10-5-6-11-32(31)42-44-38)49-34(41-36)26-14-18-30(19-15-26)48-21-7-20-46/h3-6,8-19,33,46H,7,20-24H2,1-2H3,(H,39,47)/t33-,36-/m1/s1. The molecule has 0 unspecified atom stereocenters. The van der Waals surface area contributed by atoms with E-state index in [1.165, 1.54) is 0 Å². The van der Waals surface area contributed by atoms with Gasteiger partial charge in [-0.2, -0.15) is 0 Å². The Bertz CT molecular complexity index is 1880. The van der Waals surface area contributed by atoms with E-state index in [1.54, 1.807) is 48.5 Å². The predicted octanol–water partition coefficient (Wildman–Crippen LogP) is 7.08. The first kappa shape index (κ1) is 34.3. The molecule has 1 amide bonds. The second-order valence-electron chi connectivity index (χ2n) is 11.6. The number of carbonyl (C=O) groups excluding carboxylic acids is 1. The Morgan fingerprint density at radius 3 is 2.39 bits per heavy atom. The molecule has 250 valence electrons. The number of benzene rings is 4.